The number of nitrogens with one attached hydrogen (secondary N) is 1. The first-order chi connectivity index (χ1) is 30.8. The summed E-state index contributed by atoms with van der Waals surface area (Å²) in [6, 6.07) is 8.63. The summed E-state index contributed by atoms with van der Waals surface area (Å²) in [4.78, 5) is 44.0. The van der Waals surface area contributed by atoms with Crippen molar-refractivity contribution in [2.24, 2.45) is 24.8 Å². The Morgan fingerprint density at radius 1 is 1.05 bits per heavy atom. The van der Waals surface area contributed by atoms with Gasteiger partial charge in [0, 0.05) is 60.3 Å². The Hall–Kier alpha value is -6.69. The number of hydrogen-bond donors (Lipinski definition) is 1. The zero-order valence-corrected chi connectivity index (χ0v) is 35.8. The normalized spacial score (nSPS) is 23.2. The van der Waals surface area contributed by atoms with Crippen molar-refractivity contribution in [1.82, 2.24) is 48.4 Å². The predicted octanol–water partition coefficient (Wildman–Crippen LogP) is 5.75. The number of fused-ring (bicyclic) bond motifs is 3. The van der Waals surface area contributed by atoms with E-state index in [2.05, 4.69) is 39.0 Å². The molecule has 7 heterocycles. The molecule has 18 heteroatoms. The molecule has 12 rings (SSSR count). The molecule has 0 bridgehead atoms. The maximum atomic E-state index is 16.1. The van der Waals surface area contributed by atoms with Gasteiger partial charge in [0.25, 0.3) is 10.6 Å². The number of imidazole rings is 1. The van der Waals surface area contributed by atoms with Crippen LogP contribution >= 0.6 is 0 Å². The van der Waals surface area contributed by atoms with Crippen molar-refractivity contribution in [2.45, 2.75) is 83.4 Å². The fraction of sp³-hybridized carbons (Fsp3) is 0.413. The topological polar surface area (TPSA) is 162 Å². The molecule has 1 amide bonds. The average molecular weight is 871 g/mol. The minimum atomic E-state index is -0.828. The van der Waals surface area contributed by atoms with Gasteiger partial charge in [0.05, 0.1) is 46.3 Å². The first kappa shape index (κ1) is 38.9. The lowest BCUT2D eigenvalue weighted by atomic mass is 9.77. The van der Waals surface area contributed by atoms with Crippen molar-refractivity contribution in [3.8, 4) is 17.2 Å². The van der Waals surface area contributed by atoms with Crippen molar-refractivity contribution in [3.63, 3.8) is 0 Å². The van der Waals surface area contributed by atoms with Crippen molar-refractivity contribution in [3.05, 3.63) is 127 Å². The van der Waals surface area contributed by atoms with Crippen LogP contribution in [0.4, 0.5) is 8.78 Å². The maximum Gasteiger partial charge on any atom is 0.338 e. The van der Waals surface area contributed by atoms with Crippen molar-refractivity contribution in [1.29, 1.82) is 0 Å². The van der Waals surface area contributed by atoms with Crippen LogP contribution in [0.3, 0.4) is 0 Å². The zero-order valence-electron chi connectivity index (χ0n) is 35.8. The second kappa shape index (κ2) is 13.7. The molecule has 2 aliphatic heterocycles. The Balaban J connectivity index is 0.961. The molecule has 7 aromatic rings. The van der Waals surface area contributed by atoms with Gasteiger partial charge in [-0.3, -0.25) is 18.6 Å². The summed E-state index contributed by atoms with van der Waals surface area (Å²) in [5.41, 5.74) is 4.35. The lowest BCUT2D eigenvalue weighted by molar-refractivity contribution is -0.761. The summed E-state index contributed by atoms with van der Waals surface area (Å²) >= 11 is 0. The van der Waals surface area contributed by atoms with Crippen molar-refractivity contribution in [2.75, 3.05) is 13.2 Å². The monoisotopic (exact) mass is 870 g/mol. The van der Waals surface area contributed by atoms with E-state index in [-0.39, 0.29) is 51.5 Å². The Labute approximate surface area is 363 Å². The summed E-state index contributed by atoms with van der Waals surface area (Å²) in [6.07, 6.45) is 14.9. The van der Waals surface area contributed by atoms with Crippen LogP contribution in [-0.2, 0) is 36.7 Å². The van der Waals surface area contributed by atoms with Gasteiger partial charge in [0.2, 0.25) is 0 Å². The molecular weight excluding hydrogens is 825 g/mol. The minimum Gasteiger partial charge on any atom is -0.375 e. The van der Waals surface area contributed by atoms with Crippen LogP contribution in [0, 0.1) is 48.1 Å². The summed E-state index contributed by atoms with van der Waals surface area (Å²) in [7, 11) is 1.72. The lowest BCUT2D eigenvalue weighted by Gasteiger charge is -2.35. The van der Waals surface area contributed by atoms with E-state index < -0.39 is 17.0 Å². The molecule has 1 spiro atoms. The highest BCUT2D eigenvalue weighted by Gasteiger charge is 2.62. The van der Waals surface area contributed by atoms with Gasteiger partial charge in [-0.15, -0.1) is 0 Å². The third-order valence-corrected chi connectivity index (χ3v) is 14.8. The number of allylic oxidation sites excluding steroid dienone is 1. The second-order valence-corrected chi connectivity index (χ2v) is 18.6. The van der Waals surface area contributed by atoms with Gasteiger partial charge in [0.1, 0.15) is 22.9 Å². The number of aromatic amines is 1. The standard InChI is InChI=1S/C46H46F2N11O5/c1-25-17-31(18-26(2)39(25)47)58-41(56-15-14-55(44(56)61)37-8-7-36-32(40(37)48)23-49-53(36)4)33-24-54(13-9-34(33)50-58)42(60)38-20-30-19-28(29-10-16-63-45(22-29)11-12-45)5-6-35(30)57(38)46(21-27(46)3)43-51-59(62)64-52-43/h5-8,14-15,17-18,20,23,27-29H,9-13,16,19,21-22,24H2,1-4H3,(H,51,52,62)/q+1/t27-,28?,29+,46-/m1/s1. The molecular formula is C46H46F2N11O5+. The van der Waals surface area contributed by atoms with Crippen LogP contribution in [0.15, 0.2) is 64.4 Å². The number of nitrogens with zero attached hydrogens (tertiary/aromatic N) is 10. The SMILES string of the molecule is Cc1cc(-n2nc3c(c2-n2ccn(-c4ccc5c(cnn5C)c4F)c2=O)CN(C(=O)c2cc4c(n2[C@]2(c5n[n+](=O)o[nH]5)C[C@H]2C)C=CC([C@H]2CCOC5(CC5)C2)C4)CC3)cc(C)c1F. The minimum absolute atomic E-state index is 0.0215. The smallest absolute Gasteiger partial charge is 0.338 e. The van der Waals surface area contributed by atoms with E-state index in [1.54, 1.807) is 65.6 Å². The zero-order chi connectivity index (χ0) is 44.0. The molecule has 3 aliphatic carbocycles. The van der Waals surface area contributed by atoms with Gasteiger partial charge in [-0.05, 0) is 123 Å². The summed E-state index contributed by atoms with van der Waals surface area (Å²) in [6.45, 7) is 6.60. The highest BCUT2D eigenvalue weighted by Crippen LogP contribution is 2.57. The van der Waals surface area contributed by atoms with Gasteiger partial charge < -0.3 is 14.2 Å². The molecule has 5 aliphatic rings. The molecule has 328 valence electrons. The van der Waals surface area contributed by atoms with Crippen LogP contribution in [0.5, 0.6) is 0 Å². The average Bonchev–Trinajstić information content (AvgIpc) is 3.71. The van der Waals surface area contributed by atoms with Crippen molar-refractivity contribution >= 4 is 22.9 Å². The number of ether oxygens (including phenoxy) is 1. The molecule has 16 nitrogen and oxygen atoms in total. The molecule has 0 radical (unpaired) electrons. The maximum absolute atomic E-state index is 16.1. The van der Waals surface area contributed by atoms with E-state index in [0.717, 1.165) is 50.0 Å². The number of aryl methyl sites for hydroxylation is 3. The number of carbonyl (C=O) groups excluding carboxylic acids is 1. The molecule has 2 saturated carbocycles. The number of benzene rings is 2. The second-order valence-electron chi connectivity index (χ2n) is 18.6. The number of halogens is 2. The highest BCUT2D eigenvalue weighted by atomic mass is 19.1. The molecule has 64 heavy (non-hydrogen) atoms. The molecule has 4 atom stereocenters. The summed E-state index contributed by atoms with van der Waals surface area (Å²) in [5, 5.41) is 16.4. The van der Waals surface area contributed by atoms with Gasteiger partial charge in [-0.25, -0.2) is 18.3 Å². The Kier molecular flexibility index (Phi) is 8.31. The Bertz CT molecular complexity index is 3240. The number of hydrogen-bond acceptors (Lipinski definition) is 8. The molecule has 1 N–H and O–H groups in total. The number of carbonyl (C=O) groups is 1. The van der Waals surface area contributed by atoms with Crippen LogP contribution in [-0.4, -0.2) is 73.1 Å². The van der Waals surface area contributed by atoms with Gasteiger partial charge >= 0.3 is 11.5 Å². The Morgan fingerprint density at radius 2 is 1.83 bits per heavy atom. The van der Waals surface area contributed by atoms with Crippen LogP contribution < -0.4 is 10.4 Å². The van der Waals surface area contributed by atoms with E-state index in [0.29, 0.717) is 76.2 Å². The quantitative estimate of drug-likeness (QED) is 0.212. The van der Waals surface area contributed by atoms with E-state index in [1.165, 1.54) is 21.5 Å². The number of rotatable bonds is 7. The van der Waals surface area contributed by atoms with E-state index in [1.807, 2.05) is 6.07 Å². The molecule has 5 aromatic heterocycles. The molecule has 3 fully saturated rings. The van der Waals surface area contributed by atoms with Crippen molar-refractivity contribution < 1.29 is 27.7 Å². The molecule has 1 unspecified atom stereocenters. The predicted molar refractivity (Wildman–Crippen MR) is 227 cm³/mol. The first-order valence-corrected chi connectivity index (χ1v) is 22.0. The first-order valence-electron chi connectivity index (χ1n) is 22.0. The van der Waals surface area contributed by atoms with Gasteiger partial charge in [-0.1, -0.05) is 22.8 Å². The number of amides is 1. The fourth-order valence-electron chi connectivity index (χ4n) is 11.1. The van der Waals surface area contributed by atoms with E-state index in [4.69, 9.17) is 14.5 Å². The third-order valence-electron chi connectivity index (χ3n) is 14.8. The summed E-state index contributed by atoms with van der Waals surface area (Å²) < 4.78 is 50.4. The number of aromatic nitrogens is 10. The fourth-order valence-corrected chi connectivity index (χ4v) is 11.1. The van der Waals surface area contributed by atoms with Crippen LogP contribution in [0.2, 0.25) is 0 Å². The number of H-pyrrole nitrogens is 1. The van der Waals surface area contributed by atoms with E-state index in [9.17, 15) is 9.70 Å². The van der Waals surface area contributed by atoms with Crippen LogP contribution in [0.1, 0.15) is 89.0 Å². The molecule has 2 aromatic carbocycles. The van der Waals surface area contributed by atoms with E-state index >= 15 is 13.6 Å². The summed E-state index contributed by atoms with van der Waals surface area (Å²) in [5.74, 6) is 0.322. The lowest BCUT2D eigenvalue weighted by Crippen LogP contribution is -2.39. The molecule has 1 saturated heterocycles. The van der Waals surface area contributed by atoms with Gasteiger partial charge in [0.15, 0.2) is 5.82 Å². The largest absolute Gasteiger partial charge is 0.375 e. The van der Waals surface area contributed by atoms with Crippen LogP contribution in [0.25, 0.3) is 34.2 Å². The highest BCUT2D eigenvalue weighted by molar-refractivity contribution is 5.94. The van der Waals surface area contributed by atoms with Gasteiger partial charge in [-0.2, -0.15) is 10.2 Å². The Morgan fingerprint density at radius 3 is 2.56 bits per heavy atom. The third kappa shape index (κ3) is 5.69.